The van der Waals surface area contributed by atoms with Gasteiger partial charge in [0.25, 0.3) is 5.91 Å². The van der Waals surface area contributed by atoms with E-state index in [0.29, 0.717) is 23.1 Å². The van der Waals surface area contributed by atoms with Gasteiger partial charge in [-0.15, -0.1) is 0 Å². The fourth-order valence-corrected chi connectivity index (χ4v) is 5.17. The summed E-state index contributed by atoms with van der Waals surface area (Å²) < 4.78 is 31.7. The Morgan fingerprint density at radius 1 is 1.19 bits per heavy atom. The molecule has 1 aliphatic rings. The number of hydrogen-bond donors (Lipinski definition) is 0. The number of amides is 1. The molecule has 1 amide bonds. The average Bonchev–Trinajstić information content (AvgIpc) is 3.05. The minimum absolute atomic E-state index is 0.0930. The number of thioether (sulfide) groups is 1. The van der Waals surface area contributed by atoms with Crippen LogP contribution in [-0.2, 0) is 14.8 Å². The van der Waals surface area contributed by atoms with Crippen LogP contribution in [-0.4, -0.2) is 61.2 Å². The predicted molar refractivity (Wildman–Crippen MR) is 125 cm³/mol. The van der Waals surface area contributed by atoms with E-state index >= 15 is 0 Å². The van der Waals surface area contributed by atoms with Crippen LogP contribution in [0.1, 0.15) is 18.1 Å². The molecule has 3 rings (SSSR count). The highest BCUT2D eigenvalue weighted by Gasteiger charge is 2.31. The van der Waals surface area contributed by atoms with Gasteiger partial charge in [-0.3, -0.25) is 9.69 Å². The van der Waals surface area contributed by atoms with Crippen molar-refractivity contribution < 1.29 is 17.9 Å². The first-order valence-electron chi connectivity index (χ1n) is 9.85. The van der Waals surface area contributed by atoms with E-state index in [1.807, 2.05) is 39.0 Å². The summed E-state index contributed by atoms with van der Waals surface area (Å²) in [5.74, 6) is 0.470. The van der Waals surface area contributed by atoms with Gasteiger partial charge in [-0.25, -0.2) is 17.7 Å². The summed E-state index contributed by atoms with van der Waals surface area (Å²) in [4.78, 5) is 19.2. The Balaban J connectivity index is 1.79. The van der Waals surface area contributed by atoms with Crippen LogP contribution in [0.2, 0.25) is 0 Å². The smallest absolute Gasteiger partial charge is 0.266 e. The lowest BCUT2D eigenvalue weighted by Gasteiger charge is -2.17. The van der Waals surface area contributed by atoms with Crippen molar-refractivity contribution in [2.24, 2.45) is 4.99 Å². The van der Waals surface area contributed by atoms with Crippen LogP contribution in [0.15, 0.2) is 52.4 Å². The van der Waals surface area contributed by atoms with Crippen LogP contribution in [0.4, 0.5) is 5.69 Å². The van der Waals surface area contributed by atoms with Crippen molar-refractivity contribution in [3.8, 4) is 5.75 Å². The number of carbonyl (C=O) groups is 1. The van der Waals surface area contributed by atoms with Crippen molar-refractivity contribution >= 4 is 38.5 Å². The molecule has 1 atom stereocenters. The molecule has 31 heavy (non-hydrogen) atoms. The summed E-state index contributed by atoms with van der Waals surface area (Å²) in [7, 11) is -0.594. The molecule has 1 aliphatic heterocycles. The molecule has 0 spiro atoms. The van der Waals surface area contributed by atoms with E-state index in [2.05, 4.69) is 4.99 Å². The molecule has 2 aromatic rings. The SMILES string of the molecule is Cc1cc(C)cc(OCC(=O)N2C[C@@H](C)SC2=Nc2cccc(S(=O)(=O)N(C)C)c2)c1. The number of carbonyl (C=O) groups excluding carboxylic acids is 1. The Morgan fingerprint density at radius 3 is 2.52 bits per heavy atom. The van der Waals surface area contributed by atoms with Crippen molar-refractivity contribution in [3.63, 3.8) is 0 Å². The maximum absolute atomic E-state index is 12.9. The lowest BCUT2D eigenvalue weighted by atomic mass is 10.1. The predicted octanol–water partition coefficient (Wildman–Crippen LogP) is 3.58. The molecule has 0 saturated carbocycles. The molecule has 0 unspecified atom stereocenters. The van der Waals surface area contributed by atoms with E-state index in [-0.39, 0.29) is 22.7 Å². The second-order valence-corrected chi connectivity index (χ2v) is 11.3. The third-order valence-electron chi connectivity index (χ3n) is 4.66. The van der Waals surface area contributed by atoms with Crippen molar-refractivity contribution in [1.29, 1.82) is 0 Å². The number of ether oxygens (including phenoxy) is 1. The molecule has 166 valence electrons. The van der Waals surface area contributed by atoms with Crippen LogP contribution in [0.3, 0.4) is 0 Å². The molecule has 1 saturated heterocycles. The topological polar surface area (TPSA) is 79.3 Å². The fourth-order valence-electron chi connectivity index (χ4n) is 3.19. The van der Waals surface area contributed by atoms with Gasteiger partial charge in [0, 0.05) is 25.9 Å². The minimum atomic E-state index is -3.56. The van der Waals surface area contributed by atoms with E-state index < -0.39 is 10.0 Å². The fraction of sp³-hybridized carbons (Fsp3) is 0.364. The molecule has 0 bridgehead atoms. The maximum atomic E-state index is 12.9. The summed E-state index contributed by atoms with van der Waals surface area (Å²) in [5.41, 5.74) is 2.62. The van der Waals surface area contributed by atoms with Crippen LogP contribution >= 0.6 is 11.8 Å². The number of rotatable bonds is 6. The first-order chi connectivity index (χ1) is 14.6. The molecule has 2 aromatic carbocycles. The van der Waals surface area contributed by atoms with Crippen molar-refractivity contribution in [2.45, 2.75) is 30.9 Å². The normalized spacial score (nSPS) is 18.1. The summed E-state index contributed by atoms with van der Waals surface area (Å²) in [6, 6.07) is 12.3. The van der Waals surface area contributed by atoms with E-state index in [1.165, 1.54) is 38.0 Å². The summed E-state index contributed by atoms with van der Waals surface area (Å²) in [6.07, 6.45) is 0. The quantitative estimate of drug-likeness (QED) is 0.657. The van der Waals surface area contributed by atoms with Gasteiger partial charge in [-0.05, 0) is 55.3 Å². The Kier molecular flexibility index (Phi) is 7.08. The van der Waals surface area contributed by atoms with Crippen LogP contribution in [0.5, 0.6) is 5.75 Å². The first-order valence-corrected chi connectivity index (χ1v) is 12.2. The number of amidine groups is 1. The summed E-state index contributed by atoms with van der Waals surface area (Å²) in [6.45, 7) is 6.41. The molecular formula is C22H27N3O4S2. The highest BCUT2D eigenvalue weighted by atomic mass is 32.2. The van der Waals surface area contributed by atoms with E-state index in [1.54, 1.807) is 17.0 Å². The molecule has 1 fully saturated rings. The van der Waals surface area contributed by atoms with E-state index in [9.17, 15) is 13.2 Å². The third-order valence-corrected chi connectivity index (χ3v) is 7.54. The Hall–Kier alpha value is -2.36. The standard InChI is InChI=1S/C22H27N3O4S2/c1-15-9-16(2)11-19(10-15)29-14-21(26)25-13-17(3)30-22(25)23-18-7-6-8-20(12-18)31(27,28)24(4)5/h6-12,17H,13-14H2,1-5H3/t17-/m1/s1. The zero-order chi connectivity index (χ0) is 22.8. The van der Waals surface area contributed by atoms with Crippen molar-refractivity contribution in [2.75, 3.05) is 27.2 Å². The Bertz CT molecular complexity index is 1090. The van der Waals surface area contributed by atoms with E-state index in [4.69, 9.17) is 4.74 Å². The monoisotopic (exact) mass is 461 g/mol. The summed E-state index contributed by atoms with van der Waals surface area (Å²) >= 11 is 1.48. The molecule has 0 aliphatic carbocycles. The van der Waals surface area contributed by atoms with Gasteiger partial charge in [-0.2, -0.15) is 0 Å². The number of aryl methyl sites for hydroxylation is 2. The van der Waals surface area contributed by atoms with Gasteiger partial charge < -0.3 is 4.74 Å². The van der Waals surface area contributed by atoms with Gasteiger partial charge in [-0.1, -0.05) is 30.8 Å². The zero-order valence-corrected chi connectivity index (χ0v) is 20.0. The maximum Gasteiger partial charge on any atom is 0.266 e. The number of hydrogen-bond acceptors (Lipinski definition) is 6. The largest absolute Gasteiger partial charge is 0.484 e. The third kappa shape index (κ3) is 5.66. The Morgan fingerprint density at radius 2 is 1.87 bits per heavy atom. The van der Waals surface area contributed by atoms with Gasteiger partial charge in [0.15, 0.2) is 11.8 Å². The summed E-state index contributed by atoms with van der Waals surface area (Å²) in [5, 5.41) is 0.721. The average molecular weight is 462 g/mol. The van der Waals surface area contributed by atoms with Crippen LogP contribution in [0, 0.1) is 13.8 Å². The van der Waals surface area contributed by atoms with Gasteiger partial charge in [0.05, 0.1) is 10.6 Å². The molecule has 0 aromatic heterocycles. The number of nitrogens with zero attached hydrogens (tertiary/aromatic N) is 3. The number of sulfonamides is 1. The van der Waals surface area contributed by atoms with Crippen LogP contribution < -0.4 is 4.74 Å². The molecular weight excluding hydrogens is 434 g/mol. The first kappa shape index (κ1) is 23.3. The highest BCUT2D eigenvalue weighted by Crippen LogP contribution is 2.29. The minimum Gasteiger partial charge on any atom is -0.484 e. The highest BCUT2D eigenvalue weighted by molar-refractivity contribution is 8.14. The Labute approximate surface area is 188 Å². The number of benzene rings is 2. The van der Waals surface area contributed by atoms with Crippen molar-refractivity contribution in [3.05, 3.63) is 53.6 Å². The molecule has 7 nitrogen and oxygen atoms in total. The second-order valence-electron chi connectivity index (χ2n) is 7.72. The lowest BCUT2D eigenvalue weighted by Crippen LogP contribution is -2.36. The molecule has 1 heterocycles. The molecule has 0 radical (unpaired) electrons. The molecule has 0 N–H and O–H groups in total. The second kappa shape index (κ2) is 9.42. The van der Waals surface area contributed by atoms with Gasteiger partial charge in [0.1, 0.15) is 5.75 Å². The van der Waals surface area contributed by atoms with Gasteiger partial charge >= 0.3 is 0 Å². The van der Waals surface area contributed by atoms with Crippen molar-refractivity contribution in [1.82, 2.24) is 9.21 Å². The van der Waals surface area contributed by atoms with E-state index in [0.717, 1.165) is 15.4 Å². The zero-order valence-electron chi connectivity index (χ0n) is 18.3. The number of aliphatic imine (C=N–C) groups is 1. The lowest BCUT2D eigenvalue weighted by molar-refractivity contribution is -0.129. The molecule has 9 heteroatoms. The van der Waals surface area contributed by atoms with Crippen LogP contribution in [0.25, 0.3) is 0 Å². The van der Waals surface area contributed by atoms with Gasteiger partial charge in [0.2, 0.25) is 10.0 Å².